The van der Waals surface area contributed by atoms with Crippen molar-refractivity contribution in [1.82, 2.24) is 19.8 Å². The van der Waals surface area contributed by atoms with Crippen LogP contribution in [0.3, 0.4) is 0 Å². The van der Waals surface area contributed by atoms with E-state index in [-0.39, 0.29) is 23.8 Å². The molecule has 160 valence electrons. The standard InChI is InChI=1S/C23H30N4O3/c1-3-8-30-21-7-5-4-6-18(21)11-26-12-20-13-27(15-23(20,14-26)16-28)22(29)19-9-24-17(2)25-10-19/h4-7,9-10,20,28H,3,8,11-16H2,1-2H3/t20-,23+/m0/s1. The predicted molar refractivity (Wildman–Crippen MR) is 113 cm³/mol. The van der Waals surface area contributed by atoms with Gasteiger partial charge in [0.25, 0.3) is 5.91 Å². The topological polar surface area (TPSA) is 78.8 Å². The fourth-order valence-electron chi connectivity index (χ4n) is 4.70. The number of carbonyl (C=O) groups excluding carboxylic acids is 1. The number of aryl methyl sites for hydroxylation is 1. The number of benzene rings is 1. The molecule has 1 N–H and O–H groups in total. The Morgan fingerprint density at radius 1 is 1.23 bits per heavy atom. The number of aliphatic hydroxyl groups excluding tert-OH is 1. The molecule has 2 fully saturated rings. The molecule has 0 unspecified atom stereocenters. The first kappa shape index (κ1) is 20.8. The van der Waals surface area contributed by atoms with E-state index in [1.807, 2.05) is 23.1 Å². The Morgan fingerprint density at radius 3 is 2.70 bits per heavy atom. The summed E-state index contributed by atoms with van der Waals surface area (Å²) in [6.45, 7) is 8.32. The number of amides is 1. The van der Waals surface area contributed by atoms with Gasteiger partial charge in [-0.05, 0) is 25.3 Å². The van der Waals surface area contributed by atoms with Gasteiger partial charge in [-0.15, -0.1) is 0 Å². The number of para-hydroxylation sites is 1. The van der Waals surface area contributed by atoms with E-state index in [2.05, 4.69) is 27.9 Å². The first-order valence-corrected chi connectivity index (χ1v) is 10.7. The molecule has 0 radical (unpaired) electrons. The van der Waals surface area contributed by atoms with Gasteiger partial charge in [-0.3, -0.25) is 9.69 Å². The number of fused-ring (bicyclic) bond motifs is 1. The van der Waals surface area contributed by atoms with Crippen LogP contribution in [0.25, 0.3) is 0 Å². The number of rotatable bonds is 7. The second-order valence-corrected chi connectivity index (χ2v) is 8.55. The number of hydrogen-bond donors (Lipinski definition) is 1. The molecule has 7 heteroatoms. The number of aliphatic hydroxyl groups is 1. The van der Waals surface area contributed by atoms with E-state index in [0.717, 1.165) is 31.8 Å². The predicted octanol–water partition coefficient (Wildman–Crippen LogP) is 2.14. The molecule has 0 aliphatic carbocycles. The molecular formula is C23H30N4O3. The largest absolute Gasteiger partial charge is 0.493 e. The summed E-state index contributed by atoms with van der Waals surface area (Å²) in [6, 6.07) is 8.17. The van der Waals surface area contributed by atoms with Gasteiger partial charge < -0.3 is 14.7 Å². The van der Waals surface area contributed by atoms with Crippen LogP contribution in [-0.4, -0.2) is 70.2 Å². The van der Waals surface area contributed by atoms with E-state index in [1.165, 1.54) is 5.56 Å². The van der Waals surface area contributed by atoms with E-state index in [9.17, 15) is 9.90 Å². The van der Waals surface area contributed by atoms with E-state index < -0.39 is 0 Å². The van der Waals surface area contributed by atoms with Crippen molar-refractivity contribution < 1.29 is 14.6 Å². The van der Waals surface area contributed by atoms with Gasteiger partial charge in [-0.1, -0.05) is 25.1 Å². The van der Waals surface area contributed by atoms with Gasteiger partial charge in [0.2, 0.25) is 0 Å². The highest BCUT2D eigenvalue weighted by atomic mass is 16.5. The minimum atomic E-state index is -0.277. The molecule has 2 aliphatic rings. The van der Waals surface area contributed by atoms with Crippen LogP contribution in [0.15, 0.2) is 36.7 Å². The lowest BCUT2D eigenvalue weighted by Gasteiger charge is -2.27. The lowest BCUT2D eigenvalue weighted by molar-refractivity contribution is 0.0717. The highest BCUT2D eigenvalue weighted by molar-refractivity contribution is 5.93. The minimum Gasteiger partial charge on any atom is -0.493 e. The van der Waals surface area contributed by atoms with Crippen molar-refractivity contribution in [2.45, 2.75) is 26.8 Å². The molecule has 2 aliphatic heterocycles. The Labute approximate surface area is 177 Å². The van der Waals surface area contributed by atoms with Crippen molar-refractivity contribution in [2.24, 2.45) is 11.3 Å². The number of ether oxygens (including phenoxy) is 1. The van der Waals surface area contributed by atoms with Gasteiger partial charge in [0.05, 0.1) is 18.8 Å². The third kappa shape index (κ3) is 4.04. The molecule has 1 aromatic heterocycles. The number of hydrogen-bond acceptors (Lipinski definition) is 6. The van der Waals surface area contributed by atoms with Crippen LogP contribution in [0.4, 0.5) is 0 Å². The lowest BCUT2D eigenvalue weighted by atomic mass is 9.82. The van der Waals surface area contributed by atoms with Crippen molar-refractivity contribution in [2.75, 3.05) is 39.4 Å². The highest BCUT2D eigenvalue weighted by Crippen LogP contribution is 2.43. The van der Waals surface area contributed by atoms with Crippen LogP contribution in [0.2, 0.25) is 0 Å². The maximum atomic E-state index is 12.9. The Hall–Kier alpha value is -2.51. The smallest absolute Gasteiger partial charge is 0.257 e. The summed E-state index contributed by atoms with van der Waals surface area (Å²) in [6.07, 6.45) is 4.15. The summed E-state index contributed by atoms with van der Waals surface area (Å²) >= 11 is 0. The van der Waals surface area contributed by atoms with Gasteiger partial charge in [-0.2, -0.15) is 0 Å². The van der Waals surface area contributed by atoms with E-state index in [1.54, 1.807) is 19.3 Å². The summed E-state index contributed by atoms with van der Waals surface area (Å²) in [7, 11) is 0. The molecule has 2 atom stereocenters. The zero-order valence-corrected chi connectivity index (χ0v) is 17.8. The van der Waals surface area contributed by atoms with Crippen LogP contribution in [0, 0.1) is 18.3 Å². The lowest BCUT2D eigenvalue weighted by Crippen LogP contribution is -2.39. The third-order valence-electron chi connectivity index (χ3n) is 6.29. The minimum absolute atomic E-state index is 0.0536. The van der Waals surface area contributed by atoms with Gasteiger partial charge in [0, 0.05) is 56.1 Å². The quantitative estimate of drug-likeness (QED) is 0.754. The van der Waals surface area contributed by atoms with Crippen molar-refractivity contribution in [3.8, 4) is 5.75 Å². The number of likely N-dealkylation sites (tertiary alicyclic amines) is 2. The fourth-order valence-corrected chi connectivity index (χ4v) is 4.70. The molecule has 7 nitrogen and oxygen atoms in total. The van der Waals surface area contributed by atoms with Crippen LogP contribution in [0.5, 0.6) is 5.75 Å². The maximum absolute atomic E-state index is 12.9. The molecular weight excluding hydrogens is 380 g/mol. The third-order valence-corrected chi connectivity index (χ3v) is 6.29. The summed E-state index contributed by atoms with van der Waals surface area (Å²) in [5, 5.41) is 10.3. The van der Waals surface area contributed by atoms with E-state index in [4.69, 9.17) is 4.74 Å². The fraction of sp³-hybridized carbons (Fsp3) is 0.522. The first-order valence-electron chi connectivity index (χ1n) is 10.7. The van der Waals surface area contributed by atoms with Crippen molar-refractivity contribution in [3.05, 3.63) is 53.6 Å². The molecule has 2 saturated heterocycles. The molecule has 2 aromatic rings. The van der Waals surface area contributed by atoms with Gasteiger partial charge in [0.1, 0.15) is 11.6 Å². The zero-order valence-electron chi connectivity index (χ0n) is 17.8. The SMILES string of the molecule is CCCOc1ccccc1CN1C[C@H]2CN(C(=O)c3cnc(C)nc3)C[C@@]2(CO)C1. The molecule has 30 heavy (non-hydrogen) atoms. The monoisotopic (exact) mass is 410 g/mol. The van der Waals surface area contributed by atoms with Crippen molar-refractivity contribution in [1.29, 1.82) is 0 Å². The first-order chi connectivity index (χ1) is 14.5. The molecule has 0 bridgehead atoms. The summed E-state index contributed by atoms with van der Waals surface area (Å²) < 4.78 is 5.91. The summed E-state index contributed by atoms with van der Waals surface area (Å²) in [4.78, 5) is 25.4. The molecule has 0 spiro atoms. The molecule has 1 amide bonds. The average Bonchev–Trinajstić information content (AvgIpc) is 3.27. The van der Waals surface area contributed by atoms with Crippen LogP contribution >= 0.6 is 0 Å². The van der Waals surface area contributed by atoms with Crippen LogP contribution in [0.1, 0.15) is 35.1 Å². The molecule has 4 rings (SSSR count). The van der Waals surface area contributed by atoms with Crippen LogP contribution < -0.4 is 4.74 Å². The zero-order chi connectivity index (χ0) is 21.1. The Morgan fingerprint density at radius 2 is 2.00 bits per heavy atom. The Bertz CT molecular complexity index is 888. The normalized spacial score (nSPS) is 23.6. The Kier molecular flexibility index (Phi) is 6.01. The summed E-state index contributed by atoms with van der Waals surface area (Å²) in [5.74, 6) is 1.78. The molecule has 0 saturated carbocycles. The molecule has 1 aromatic carbocycles. The van der Waals surface area contributed by atoms with Crippen molar-refractivity contribution >= 4 is 5.91 Å². The highest BCUT2D eigenvalue weighted by Gasteiger charge is 2.53. The van der Waals surface area contributed by atoms with E-state index >= 15 is 0 Å². The second-order valence-electron chi connectivity index (χ2n) is 8.55. The van der Waals surface area contributed by atoms with Gasteiger partial charge >= 0.3 is 0 Å². The van der Waals surface area contributed by atoms with Gasteiger partial charge in [0.15, 0.2) is 0 Å². The summed E-state index contributed by atoms with van der Waals surface area (Å²) in [5.41, 5.74) is 1.40. The average molecular weight is 411 g/mol. The Balaban J connectivity index is 1.43. The number of carbonyl (C=O) groups is 1. The number of nitrogens with zero attached hydrogens (tertiary/aromatic N) is 4. The van der Waals surface area contributed by atoms with Crippen LogP contribution in [-0.2, 0) is 6.54 Å². The second kappa shape index (κ2) is 8.70. The molecule has 3 heterocycles. The van der Waals surface area contributed by atoms with Gasteiger partial charge in [-0.25, -0.2) is 9.97 Å². The van der Waals surface area contributed by atoms with Crippen molar-refractivity contribution in [3.63, 3.8) is 0 Å². The number of aromatic nitrogens is 2. The van der Waals surface area contributed by atoms with E-state index in [0.29, 0.717) is 31.1 Å². The maximum Gasteiger partial charge on any atom is 0.257 e.